The fourth-order valence-electron chi connectivity index (χ4n) is 3.23. The number of carbonyl (C=O) groups is 1. The summed E-state index contributed by atoms with van der Waals surface area (Å²) < 4.78 is 20.7. The van der Waals surface area contributed by atoms with Crippen molar-refractivity contribution >= 4 is 17.2 Å². The lowest BCUT2D eigenvalue weighted by Crippen LogP contribution is -2.08. The summed E-state index contributed by atoms with van der Waals surface area (Å²) in [5, 5.41) is 2.85. The Hall–Kier alpha value is -3.67. The molecule has 2 aromatic heterocycles. The monoisotopic (exact) mass is 375 g/mol. The minimum Gasteiger partial charge on any atom is -0.496 e. The molecule has 0 saturated heterocycles. The lowest BCUT2D eigenvalue weighted by Gasteiger charge is -2.13. The maximum Gasteiger partial charge on any atom is 0.221 e. The second-order valence-electron chi connectivity index (χ2n) is 6.37. The van der Waals surface area contributed by atoms with E-state index in [0.29, 0.717) is 11.3 Å². The standard InChI is InChI=1S/C22H18FN3O2/c1-14(27)25-19-11-16(18-5-3-4-6-21(18)28-2)13-26-20(12-24-22(19)26)15-7-9-17(23)10-8-15/h3-13H,1-2H3,(H,25,27). The Bertz CT molecular complexity index is 1170. The van der Waals surface area contributed by atoms with Crippen molar-refractivity contribution in [2.24, 2.45) is 0 Å². The van der Waals surface area contributed by atoms with Gasteiger partial charge in [0.2, 0.25) is 5.91 Å². The van der Waals surface area contributed by atoms with E-state index < -0.39 is 0 Å². The number of hydrogen-bond donors (Lipinski definition) is 1. The normalized spacial score (nSPS) is 10.8. The molecule has 0 radical (unpaired) electrons. The Morgan fingerprint density at radius 1 is 1.11 bits per heavy atom. The number of hydrogen-bond acceptors (Lipinski definition) is 3. The van der Waals surface area contributed by atoms with Crippen LogP contribution in [0.25, 0.3) is 28.0 Å². The summed E-state index contributed by atoms with van der Waals surface area (Å²) in [6, 6.07) is 15.8. The maximum atomic E-state index is 13.3. The molecule has 1 N–H and O–H groups in total. The van der Waals surface area contributed by atoms with E-state index >= 15 is 0 Å². The Balaban J connectivity index is 1.97. The molecule has 4 aromatic rings. The van der Waals surface area contributed by atoms with Gasteiger partial charge in [-0.15, -0.1) is 0 Å². The molecule has 0 fully saturated rings. The molecular formula is C22H18FN3O2. The van der Waals surface area contributed by atoms with E-state index in [-0.39, 0.29) is 11.7 Å². The van der Waals surface area contributed by atoms with Gasteiger partial charge >= 0.3 is 0 Å². The van der Waals surface area contributed by atoms with Crippen LogP contribution in [0.2, 0.25) is 0 Å². The van der Waals surface area contributed by atoms with Gasteiger partial charge in [-0.25, -0.2) is 9.37 Å². The Morgan fingerprint density at radius 3 is 2.57 bits per heavy atom. The lowest BCUT2D eigenvalue weighted by molar-refractivity contribution is -0.114. The third-order valence-electron chi connectivity index (χ3n) is 4.47. The van der Waals surface area contributed by atoms with Crippen molar-refractivity contribution in [2.75, 3.05) is 12.4 Å². The summed E-state index contributed by atoms with van der Waals surface area (Å²) in [5.74, 6) is 0.232. The first-order valence-corrected chi connectivity index (χ1v) is 8.75. The zero-order valence-electron chi connectivity index (χ0n) is 15.4. The second kappa shape index (κ2) is 7.15. The Kier molecular flexibility index (Phi) is 4.53. The molecule has 5 nitrogen and oxygen atoms in total. The fourth-order valence-corrected chi connectivity index (χ4v) is 3.23. The van der Waals surface area contributed by atoms with Crippen molar-refractivity contribution in [3.63, 3.8) is 0 Å². The molecule has 0 atom stereocenters. The molecule has 2 heterocycles. The summed E-state index contributed by atoms with van der Waals surface area (Å²) in [6.45, 7) is 1.45. The van der Waals surface area contributed by atoms with Crippen LogP contribution in [-0.4, -0.2) is 22.4 Å². The van der Waals surface area contributed by atoms with Crippen molar-refractivity contribution in [1.82, 2.24) is 9.38 Å². The van der Waals surface area contributed by atoms with Crippen LogP contribution in [0.5, 0.6) is 5.75 Å². The van der Waals surface area contributed by atoms with Crippen molar-refractivity contribution < 1.29 is 13.9 Å². The van der Waals surface area contributed by atoms with Crippen LogP contribution in [0.4, 0.5) is 10.1 Å². The molecular weight excluding hydrogens is 357 g/mol. The maximum absolute atomic E-state index is 13.3. The highest BCUT2D eigenvalue weighted by atomic mass is 19.1. The van der Waals surface area contributed by atoms with Crippen LogP contribution in [0.15, 0.2) is 67.0 Å². The number of benzene rings is 2. The minimum atomic E-state index is -0.300. The molecule has 140 valence electrons. The summed E-state index contributed by atoms with van der Waals surface area (Å²) >= 11 is 0. The van der Waals surface area contributed by atoms with E-state index in [2.05, 4.69) is 10.3 Å². The number of rotatable bonds is 4. The van der Waals surface area contributed by atoms with E-state index in [0.717, 1.165) is 28.1 Å². The average Bonchev–Trinajstić information content (AvgIpc) is 3.12. The molecule has 0 aliphatic heterocycles. The summed E-state index contributed by atoms with van der Waals surface area (Å²) in [6.07, 6.45) is 3.64. The molecule has 0 saturated carbocycles. The number of para-hydroxylation sites is 1. The number of pyridine rings is 1. The van der Waals surface area contributed by atoms with Gasteiger partial charge in [0.1, 0.15) is 11.6 Å². The first kappa shape index (κ1) is 17.7. The molecule has 0 bridgehead atoms. The van der Waals surface area contributed by atoms with Gasteiger partial charge in [-0.1, -0.05) is 18.2 Å². The predicted octanol–water partition coefficient (Wildman–Crippen LogP) is 4.77. The molecule has 6 heteroatoms. The number of nitrogens with zero attached hydrogens (tertiary/aromatic N) is 2. The molecule has 2 aromatic carbocycles. The Morgan fingerprint density at radius 2 is 1.86 bits per heavy atom. The predicted molar refractivity (Wildman–Crippen MR) is 107 cm³/mol. The zero-order chi connectivity index (χ0) is 19.7. The number of aromatic nitrogens is 2. The van der Waals surface area contributed by atoms with E-state index in [1.807, 2.05) is 40.9 Å². The van der Waals surface area contributed by atoms with E-state index in [1.54, 1.807) is 25.4 Å². The highest BCUT2D eigenvalue weighted by Gasteiger charge is 2.15. The number of halogens is 1. The number of methoxy groups -OCH3 is 1. The largest absolute Gasteiger partial charge is 0.496 e. The van der Waals surface area contributed by atoms with Gasteiger partial charge in [0.25, 0.3) is 0 Å². The van der Waals surface area contributed by atoms with Crippen molar-refractivity contribution in [2.45, 2.75) is 6.92 Å². The third kappa shape index (κ3) is 3.20. The highest BCUT2D eigenvalue weighted by Crippen LogP contribution is 2.34. The van der Waals surface area contributed by atoms with Gasteiger partial charge in [-0.3, -0.25) is 9.20 Å². The molecule has 28 heavy (non-hydrogen) atoms. The van der Waals surface area contributed by atoms with E-state index in [1.165, 1.54) is 19.1 Å². The smallest absolute Gasteiger partial charge is 0.221 e. The zero-order valence-corrected chi connectivity index (χ0v) is 15.4. The second-order valence-corrected chi connectivity index (χ2v) is 6.37. The van der Waals surface area contributed by atoms with Crippen LogP contribution in [0.1, 0.15) is 6.92 Å². The van der Waals surface area contributed by atoms with Crippen LogP contribution >= 0.6 is 0 Å². The number of imidazole rings is 1. The first-order valence-electron chi connectivity index (χ1n) is 8.75. The number of ether oxygens (including phenoxy) is 1. The van der Waals surface area contributed by atoms with Crippen molar-refractivity contribution in [3.05, 3.63) is 72.8 Å². The highest BCUT2D eigenvalue weighted by molar-refractivity contribution is 5.94. The number of nitrogens with one attached hydrogen (secondary N) is 1. The molecule has 1 amide bonds. The quantitative estimate of drug-likeness (QED) is 0.559. The lowest BCUT2D eigenvalue weighted by atomic mass is 10.1. The third-order valence-corrected chi connectivity index (χ3v) is 4.47. The van der Waals surface area contributed by atoms with Crippen molar-refractivity contribution in [3.8, 4) is 28.1 Å². The first-order chi connectivity index (χ1) is 13.6. The number of carbonyl (C=O) groups excluding carboxylic acids is 1. The van der Waals surface area contributed by atoms with Gasteiger partial charge in [-0.2, -0.15) is 0 Å². The van der Waals surface area contributed by atoms with E-state index in [4.69, 9.17) is 4.74 Å². The molecule has 0 aliphatic rings. The van der Waals surface area contributed by atoms with Gasteiger partial charge < -0.3 is 10.1 Å². The van der Waals surface area contributed by atoms with E-state index in [9.17, 15) is 9.18 Å². The molecule has 0 aliphatic carbocycles. The number of anilines is 1. The number of fused-ring (bicyclic) bond motifs is 1. The Labute approximate surface area is 161 Å². The SMILES string of the molecule is COc1ccccc1-c1cc(NC(C)=O)c2ncc(-c3ccc(F)cc3)n2c1. The van der Waals surface area contributed by atoms with Crippen LogP contribution < -0.4 is 10.1 Å². The van der Waals surface area contributed by atoms with Gasteiger partial charge in [0.05, 0.1) is 24.7 Å². The number of amides is 1. The van der Waals surface area contributed by atoms with Crippen LogP contribution in [0, 0.1) is 5.82 Å². The molecule has 4 rings (SSSR count). The molecule has 0 spiro atoms. The van der Waals surface area contributed by atoms with Gasteiger partial charge in [0, 0.05) is 29.8 Å². The molecule has 0 unspecified atom stereocenters. The van der Waals surface area contributed by atoms with Crippen LogP contribution in [-0.2, 0) is 4.79 Å². The topological polar surface area (TPSA) is 55.6 Å². The van der Waals surface area contributed by atoms with Gasteiger partial charge in [0.15, 0.2) is 5.65 Å². The van der Waals surface area contributed by atoms with Crippen molar-refractivity contribution in [1.29, 1.82) is 0 Å². The van der Waals surface area contributed by atoms with Crippen LogP contribution in [0.3, 0.4) is 0 Å². The minimum absolute atomic E-state index is 0.189. The summed E-state index contributed by atoms with van der Waals surface area (Å²) in [7, 11) is 1.62. The average molecular weight is 375 g/mol. The fraction of sp³-hybridized carbons (Fsp3) is 0.0909. The summed E-state index contributed by atoms with van der Waals surface area (Å²) in [4.78, 5) is 16.2. The summed E-state index contributed by atoms with van der Waals surface area (Å²) in [5.41, 5.74) is 4.54. The van der Waals surface area contributed by atoms with Gasteiger partial charge in [-0.05, 0) is 36.4 Å².